The zero-order chi connectivity index (χ0) is 53.8. The number of esters is 4. The van der Waals surface area contributed by atoms with E-state index in [4.69, 9.17) is 45.6 Å². The Labute approximate surface area is 412 Å². The Morgan fingerprint density at radius 2 is 1.43 bits per heavy atom. The van der Waals surface area contributed by atoms with Gasteiger partial charge < -0.3 is 82.0 Å². The van der Waals surface area contributed by atoms with Gasteiger partial charge in [-0.1, -0.05) is 30.3 Å². The average molecular weight is 1020 g/mol. The van der Waals surface area contributed by atoms with Gasteiger partial charge in [-0.2, -0.15) is 0 Å². The summed E-state index contributed by atoms with van der Waals surface area (Å²) < 4.78 is 33.3. The first-order valence-corrected chi connectivity index (χ1v) is 22.6. The van der Waals surface area contributed by atoms with E-state index >= 15 is 0 Å². The van der Waals surface area contributed by atoms with Crippen LogP contribution in [-0.4, -0.2) is 180 Å². The number of nitrogens with zero attached hydrogens (tertiary/aromatic N) is 2. The van der Waals surface area contributed by atoms with Crippen molar-refractivity contribution in [3.63, 3.8) is 0 Å². The summed E-state index contributed by atoms with van der Waals surface area (Å²) in [5, 5.41) is 28.5. The van der Waals surface area contributed by atoms with E-state index in [9.17, 15) is 63.0 Å². The number of carboxylic acid groups (broad SMARTS) is 2. The maximum absolute atomic E-state index is 14.1. The van der Waals surface area contributed by atoms with Gasteiger partial charge >= 0.3 is 35.8 Å². The van der Waals surface area contributed by atoms with Gasteiger partial charge in [0.05, 0.1) is 19.1 Å². The van der Waals surface area contributed by atoms with Gasteiger partial charge in [0, 0.05) is 47.2 Å². The molecule has 2 fully saturated rings. The first-order valence-electron chi connectivity index (χ1n) is 22.6. The number of nitrogens with one attached hydrogen (secondary N) is 4. The molecule has 0 saturated carbocycles. The van der Waals surface area contributed by atoms with Crippen molar-refractivity contribution in [3.8, 4) is 0 Å². The van der Waals surface area contributed by atoms with Gasteiger partial charge in [0.25, 0.3) is 0 Å². The Bertz CT molecular complexity index is 2160. The Kier molecular flexibility index (Phi) is 23.2. The third-order valence-electron chi connectivity index (χ3n) is 10.9. The van der Waals surface area contributed by atoms with Crippen LogP contribution in [0.1, 0.15) is 72.3 Å². The highest BCUT2D eigenvalue weighted by atomic mass is 16.7. The summed E-state index contributed by atoms with van der Waals surface area (Å²) in [7, 11) is 0. The van der Waals surface area contributed by atoms with E-state index in [1.54, 1.807) is 30.3 Å². The summed E-state index contributed by atoms with van der Waals surface area (Å²) in [6, 6.07) is 0.845. The van der Waals surface area contributed by atoms with Crippen LogP contribution in [-0.2, 0) is 87.6 Å². The standard InChI is InChI=1S/C44H63N9O19/c1-21(68-43-37(71-25(5)57)36(70-24(4)56)35(69-23(3)55)31(72-43)20-67-22(2)54)34(45)41(64)53-16-10-14-30(53)40(63)51-27(13-9-15-48-44(46)47)38(61)49-19-32(58)50-28(18-33(59)60)39(62)52-29(42(65)66)17-26-11-7-6-8-12-26/h6-8,11-12,21,27-31,34-37,43H,9-10,13-20,45H2,1-5H3,(H,49,61)(H,50,58)(H,51,63)(H,52,62)(H,59,60)(H,65,66)(H4,46,47,48)/t21-,27+,28+,29+,30+,31-,34+,35-,36+,37+,43+/m1/s1. The van der Waals surface area contributed by atoms with E-state index in [0.717, 1.165) is 32.6 Å². The number of hydrogen-bond acceptors (Lipinski definition) is 19. The van der Waals surface area contributed by atoms with Gasteiger partial charge in [0.2, 0.25) is 29.5 Å². The minimum absolute atomic E-state index is 0.0103. The molecule has 28 nitrogen and oxygen atoms in total. The minimum Gasteiger partial charge on any atom is -0.481 e. The molecule has 0 spiro atoms. The van der Waals surface area contributed by atoms with Crippen molar-refractivity contribution >= 4 is 71.3 Å². The van der Waals surface area contributed by atoms with Crippen molar-refractivity contribution in [2.75, 3.05) is 26.2 Å². The topological polar surface area (TPSA) is 425 Å². The van der Waals surface area contributed by atoms with Crippen LogP contribution in [0.4, 0.5) is 0 Å². The smallest absolute Gasteiger partial charge is 0.326 e. The molecule has 11 atom stereocenters. The second-order valence-corrected chi connectivity index (χ2v) is 16.7. The van der Waals surface area contributed by atoms with Crippen molar-refractivity contribution < 1.29 is 91.4 Å². The van der Waals surface area contributed by atoms with Crippen LogP contribution in [0.3, 0.4) is 0 Å². The van der Waals surface area contributed by atoms with E-state index in [0.29, 0.717) is 12.0 Å². The molecule has 12 N–H and O–H groups in total. The fourth-order valence-corrected chi connectivity index (χ4v) is 7.57. The van der Waals surface area contributed by atoms with Crippen molar-refractivity contribution in [1.29, 1.82) is 0 Å². The Morgan fingerprint density at radius 3 is 2.01 bits per heavy atom. The molecule has 1 aromatic carbocycles. The number of hydrogen-bond donors (Lipinski definition) is 9. The highest BCUT2D eigenvalue weighted by Gasteiger charge is 2.54. The number of aliphatic imine (C=N–C) groups is 1. The van der Waals surface area contributed by atoms with Crippen molar-refractivity contribution in [1.82, 2.24) is 26.2 Å². The third kappa shape index (κ3) is 19.0. The molecule has 2 heterocycles. The number of benzene rings is 1. The van der Waals surface area contributed by atoms with E-state index in [1.165, 1.54) is 6.92 Å². The van der Waals surface area contributed by atoms with E-state index < -0.39 is 152 Å². The van der Waals surface area contributed by atoms with Gasteiger partial charge in [-0.3, -0.25) is 52.9 Å². The average Bonchev–Trinajstić information content (AvgIpc) is 3.79. The maximum atomic E-state index is 14.1. The lowest BCUT2D eigenvalue weighted by atomic mass is 9.98. The molecular formula is C44H63N9O19. The molecule has 72 heavy (non-hydrogen) atoms. The van der Waals surface area contributed by atoms with Gasteiger partial charge in [0.1, 0.15) is 42.9 Å². The molecule has 398 valence electrons. The molecule has 2 aliphatic heterocycles. The van der Waals surface area contributed by atoms with Crippen LogP contribution in [0.5, 0.6) is 0 Å². The Hall–Kier alpha value is -7.46. The van der Waals surface area contributed by atoms with Gasteiger partial charge in [0.15, 0.2) is 30.6 Å². The number of rotatable bonds is 26. The summed E-state index contributed by atoms with van der Waals surface area (Å²) in [6.45, 7) is 4.18. The van der Waals surface area contributed by atoms with Gasteiger partial charge in [-0.25, -0.2) is 4.79 Å². The van der Waals surface area contributed by atoms with Crippen LogP contribution < -0.4 is 38.5 Å². The summed E-state index contributed by atoms with van der Waals surface area (Å²) in [5.74, 6) is -11.3. The summed E-state index contributed by atoms with van der Waals surface area (Å²) in [4.78, 5) is 145. The number of ether oxygens (including phenoxy) is 6. The molecule has 0 aliphatic carbocycles. The number of likely N-dealkylation sites (tertiary alicyclic amines) is 1. The van der Waals surface area contributed by atoms with Gasteiger partial charge in [-0.05, 0) is 38.2 Å². The van der Waals surface area contributed by atoms with E-state index in [1.807, 2.05) is 0 Å². The minimum atomic E-state index is -1.77. The molecule has 2 aliphatic rings. The lowest BCUT2D eigenvalue weighted by molar-refractivity contribution is -0.316. The molecule has 0 bridgehead atoms. The number of guanidine groups is 1. The molecule has 0 unspecified atom stereocenters. The molecule has 0 aromatic heterocycles. The molecular weight excluding hydrogens is 959 g/mol. The first kappa shape index (κ1) is 58.9. The van der Waals surface area contributed by atoms with Crippen LogP contribution in [0.15, 0.2) is 35.3 Å². The zero-order valence-corrected chi connectivity index (χ0v) is 40.3. The van der Waals surface area contributed by atoms with Crippen molar-refractivity contribution in [2.45, 2.75) is 140 Å². The molecule has 28 heteroatoms. The molecule has 1 aromatic rings. The zero-order valence-electron chi connectivity index (χ0n) is 40.3. The molecule has 0 radical (unpaired) electrons. The molecule has 3 rings (SSSR count). The number of amides is 5. The second-order valence-electron chi connectivity index (χ2n) is 16.7. The highest BCUT2D eigenvalue weighted by Crippen LogP contribution is 2.31. The lowest BCUT2D eigenvalue weighted by Gasteiger charge is -2.45. The first-order chi connectivity index (χ1) is 33.9. The van der Waals surface area contributed by atoms with Crippen LogP contribution in [0.25, 0.3) is 0 Å². The monoisotopic (exact) mass is 1020 g/mol. The largest absolute Gasteiger partial charge is 0.481 e. The lowest BCUT2D eigenvalue weighted by Crippen LogP contribution is -2.64. The predicted molar refractivity (Wildman–Crippen MR) is 244 cm³/mol. The number of carbonyl (C=O) groups excluding carboxylic acids is 9. The maximum Gasteiger partial charge on any atom is 0.326 e. The number of carbonyl (C=O) groups is 11. The van der Waals surface area contributed by atoms with Crippen LogP contribution in [0, 0.1) is 0 Å². The third-order valence-corrected chi connectivity index (χ3v) is 10.9. The number of carboxylic acids is 2. The second kappa shape index (κ2) is 28.4. The van der Waals surface area contributed by atoms with Crippen molar-refractivity contribution in [2.24, 2.45) is 22.2 Å². The quantitative estimate of drug-likeness (QED) is 0.0141. The summed E-state index contributed by atoms with van der Waals surface area (Å²) >= 11 is 0. The Balaban J connectivity index is 1.77. The number of nitrogens with two attached hydrogens (primary N) is 3. The molecule has 5 amide bonds. The highest BCUT2D eigenvalue weighted by molar-refractivity contribution is 5.96. The fourth-order valence-electron chi connectivity index (χ4n) is 7.57. The van der Waals surface area contributed by atoms with E-state index in [-0.39, 0.29) is 44.7 Å². The number of aliphatic carboxylic acids is 2. The predicted octanol–water partition coefficient (Wildman–Crippen LogP) is -3.78. The van der Waals surface area contributed by atoms with Gasteiger partial charge in [-0.15, -0.1) is 0 Å². The summed E-state index contributed by atoms with van der Waals surface area (Å²) in [6.07, 6.45) is -9.78. The fraction of sp³-hybridized carbons (Fsp3) is 0.591. The van der Waals surface area contributed by atoms with E-state index in [2.05, 4.69) is 26.3 Å². The van der Waals surface area contributed by atoms with Crippen molar-refractivity contribution in [3.05, 3.63) is 35.9 Å². The summed E-state index contributed by atoms with van der Waals surface area (Å²) in [5.41, 5.74) is 17.8. The van der Waals surface area contributed by atoms with Crippen LogP contribution in [0.2, 0.25) is 0 Å². The Morgan fingerprint density at radius 1 is 0.806 bits per heavy atom. The normalized spacial score (nSPS) is 21.4. The SMILES string of the molecule is CC(=O)OC[C@H]1O[C@H](O[C@H](C)[C@H](N)C(=O)N2CCC[C@H]2C(=O)N[C@@H](CCCN=C(N)N)C(=O)NCC(=O)N[C@@H](CC(=O)O)C(=O)N[C@@H](Cc2ccccc2)C(=O)O)[C@@H](OC(C)=O)[C@@H](OC(C)=O)[C@@H]1OC(C)=O. The molecule has 2 saturated heterocycles. The van der Waals surface area contributed by atoms with Crippen LogP contribution >= 0.6 is 0 Å².